The largest absolute Gasteiger partial charge is 0.382 e. The van der Waals surface area contributed by atoms with Crippen LogP contribution in [-0.2, 0) is 47.4 Å². The molecule has 2 aliphatic rings. The molecule has 2 aliphatic heterocycles. The third-order valence-corrected chi connectivity index (χ3v) is 5.51. The Hall–Kier alpha value is -0.440. The molecule has 0 radical (unpaired) electrons. The fourth-order valence-electron chi connectivity index (χ4n) is 4.13. The standard InChI is InChI=1S/C19H36O11/c1-21-8-10-12(23-3)14(25-5)16(18(20)28-10)30-19-17(27-7)15(26-6)13(24-4)11(29-19)9-22-2/h10-20H,8-9H2,1-7H3/t10?,11?,12-,13-,14?,15?,16?,17?,18-,19-/m0/s1. The van der Waals surface area contributed by atoms with Crippen LogP contribution >= 0.6 is 0 Å². The minimum atomic E-state index is -1.30. The van der Waals surface area contributed by atoms with Crippen molar-refractivity contribution in [3.05, 3.63) is 0 Å². The summed E-state index contributed by atoms with van der Waals surface area (Å²) in [7, 11) is 10.8. The van der Waals surface area contributed by atoms with Gasteiger partial charge in [0.25, 0.3) is 0 Å². The maximum Gasteiger partial charge on any atom is 0.187 e. The average molecular weight is 440 g/mol. The van der Waals surface area contributed by atoms with Crippen molar-refractivity contribution in [3.63, 3.8) is 0 Å². The molecule has 0 spiro atoms. The van der Waals surface area contributed by atoms with Gasteiger partial charge in [-0.2, -0.15) is 0 Å². The van der Waals surface area contributed by atoms with E-state index in [1.54, 1.807) is 28.4 Å². The maximum absolute atomic E-state index is 10.6. The van der Waals surface area contributed by atoms with Gasteiger partial charge in [0.2, 0.25) is 0 Å². The van der Waals surface area contributed by atoms with Gasteiger partial charge in [-0.25, -0.2) is 0 Å². The van der Waals surface area contributed by atoms with Crippen molar-refractivity contribution in [3.8, 4) is 0 Å². The zero-order chi connectivity index (χ0) is 22.3. The van der Waals surface area contributed by atoms with Gasteiger partial charge >= 0.3 is 0 Å². The lowest BCUT2D eigenvalue weighted by atomic mass is 9.96. The normalized spacial score (nSPS) is 42.4. The Morgan fingerprint density at radius 2 is 1.00 bits per heavy atom. The molecule has 30 heavy (non-hydrogen) atoms. The van der Waals surface area contributed by atoms with E-state index in [0.29, 0.717) is 0 Å². The number of rotatable bonds is 11. The molecular formula is C19H36O11. The summed E-state index contributed by atoms with van der Waals surface area (Å²) in [6, 6.07) is 0. The van der Waals surface area contributed by atoms with E-state index >= 15 is 0 Å². The Bertz CT molecular complexity index is 481. The Balaban J connectivity index is 2.25. The number of aliphatic hydroxyl groups excluding tert-OH is 1. The lowest BCUT2D eigenvalue weighted by Crippen LogP contribution is -2.65. The van der Waals surface area contributed by atoms with E-state index in [-0.39, 0.29) is 13.2 Å². The monoisotopic (exact) mass is 440 g/mol. The van der Waals surface area contributed by atoms with Crippen LogP contribution in [0.3, 0.4) is 0 Å². The first-order valence-corrected chi connectivity index (χ1v) is 9.77. The Morgan fingerprint density at radius 3 is 1.43 bits per heavy atom. The summed E-state index contributed by atoms with van der Waals surface area (Å²) in [5.74, 6) is 0. The van der Waals surface area contributed by atoms with E-state index in [1.807, 2.05) is 0 Å². The van der Waals surface area contributed by atoms with E-state index < -0.39 is 61.4 Å². The highest BCUT2D eigenvalue weighted by Crippen LogP contribution is 2.33. The van der Waals surface area contributed by atoms with Gasteiger partial charge in [0, 0.05) is 49.8 Å². The van der Waals surface area contributed by atoms with Gasteiger partial charge in [-0.05, 0) is 0 Å². The predicted octanol–water partition coefficient (Wildman–Crippen LogP) is -0.818. The number of hydrogen-bond acceptors (Lipinski definition) is 11. The Labute approximate surface area is 177 Å². The fraction of sp³-hybridized carbons (Fsp3) is 1.00. The second-order valence-corrected chi connectivity index (χ2v) is 7.12. The van der Waals surface area contributed by atoms with E-state index in [1.165, 1.54) is 21.3 Å². The van der Waals surface area contributed by atoms with Crippen molar-refractivity contribution < 1.29 is 52.5 Å². The lowest BCUT2D eigenvalue weighted by molar-refractivity contribution is -0.369. The number of ether oxygens (including phenoxy) is 10. The van der Waals surface area contributed by atoms with Crippen molar-refractivity contribution in [1.82, 2.24) is 0 Å². The molecule has 0 aromatic rings. The molecule has 11 nitrogen and oxygen atoms in total. The first-order chi connectivity index (χ1) is 14.5. The maximum atomic E-state index is 10.6. The van der Waals surface area contributed by atoms with Crippen molar-refractivity contribution in [1.29, 1.82) is 0 Å². The molecule has 2 fully saturated rings. The molecular weight excluding hydrogens is 404 g/mol. The van der Waals surface area contributed by atoms with E-state index in [4.69, 9.17) is 47.4 Å². The van der Waals surface area contributed by atoms with Crippen LogP contribution in [0.2, 0.25) is 0 Å². The summed E-state index contributed by atoms with van der Waals surface area (Å²) in [5.41, 5.74) is 0. The number of aliphatic hydroxyl groups is 1. The summed E-state index contributed by atoms with van der Waals surface area (Å²) >= 11 is 0. The van der Waals surface area contributed by atoms with Gasteiger partial charge in [0.1, 0.15) is 48.8 Å². The van der Waals surface area contributed by atoms with Crippen LogP contribution in [0.15, 0.2) is 0 Å². The molecule has 0 bridgehead atoms. The van der Waals surface area contributed by atoms with Crippen molar-refractivity contribution >= 4 is 0 Å². The summed E-state index contributed by atoms with van der Waals surface area (Å²) < 4.78 is 56.3. The molecule has 0 aromatic carbocycles. The van der Waals surface area contributed by atoms with Gasteiger partial charge in [0.05, 0.1) is 13.2 Å². The van der Waals surface area contributed by atoms with Crippen molar-refractivity contribution in [2.75, 3.05) is 63.0 Å². The summed E-state index contributed by atoms with van der Waals surface area (Å²) in [6.45, 7) is 0.475. The average Bonchev–Trinajstić information content (AvgIpc) is 2.74. The van der Waals surface area contributed by atoms with Crippen LogP contribution in [0.4, 0.5) is 0 Å². The number of hydrogen-bond donors (Lipinski definition) is 1. The van der Waals surface area contributed by atoms with Crippen LogP contribution in [-0.4, -0.2) is 130 Å². The summed E-state index contributed by atoms with van der Waals surface area (Å²) in [4.78, 5) is 0. The molecule has 0 amide bonds. The SMILES string of the molecule is COCC1O[C@@H](OC2C(OC)[C@@H](OC)C(COC)O[C@@H]2O)C(OC)C(OC)[C@H]1OC. The molecule has 2 heterocycles. The smallest absolute Gasteiger partial charge is 0.187 e. The van der Waals surface area contributed by atoms with Crippen LogP contribution in [0, 0.1) is 0 Å². The highest BCUT2D eigenvalue weighted by Gasteiger charge is 2.52. The van der Waals surface area contributed by atoms with E-state index in [9.17, 15) is 5.11 Å². The lowest BCUT2D eigenvalue weighted by Gasteiger charge is -2.48. The van der Waals surface area contributed by atoms with Gasteiger partial charge in [-0.15, -0.1) is 0 Å². The van der Waals surface area contributed by atoms with Crippen LogP contribution < -0.4 is 0 Å². The minimum absolute atomic E-state index is 0.222. The van der Waals surface area contributed by atoms with Gasteiger partial charge in [0.15, 0.2) is 12.6 Å². The molecule has 11 heteroatoms. The topological polar surface area (TPSA) is 113 Å². The zero-order valence-corrected chi connectivity index (χ0v) is 18.7. The Morgan fingerprint density at radius 1 is 0.567 bits per heavy atom. The molecule has 2 saturated heterocycles. The predicted molar refractivity (Wildman–Crippen MR) is 102 cm³/mol. The summed E-state index contributed by atoms with van der Waals surface area (Å²) in [5, 5.41) is 10.6. The van der Waals surface area contributed by atoms with Crippen LogP contribution in [0.1, 0.15) is 0 Å². The van der Waals surface area contributed by atoms with Gasteiger partial charge in [-0.3, -0.25) is 0 Å². The second-order valence-electron chi connectivity index (χ2n) is 7.12. The molecule has 0 aliphatic carbocycles. The molecule has 10 atom stereocenters. The third kappa shape index (κ3) is 5.48. The Kier molecular flexibility index (Phi) is 10.8. The van der Waals surface area contributed by atoms with Crippen molar-refractivity contribution in [2.45, 2.75) is 61.4 Å². The first kappa shape index (κ1) is 25.8. The zero-order valence-electron chi connectivity index (χ0n) is 18.7. The molecule has 0 saturated carbocycles. The third-order valence-electron chi connectivity index (χ3n) is 5.51. The minimum Gasteiger partial charge on any atom is -0.382 e. The molecule has 2 rings (SSSR count). The summed E-state index contributed by atoms with van der Waals surface area (Å²) in [6.07, 6.45) is -6.92. The van der Waals surface area contributed by atoms with Gasteiger partial charge < -0.3 is 52.5 Å². The molecule has 1 N–H and O–H groups in total. The van der Waals surface area contributed by atoms with E-state index in [0.717, 1.165) is 0 Å². The molecule has 178 valence electrons. The number of methoxy groups -OCH3 is 7. The highest BCUT2D eigenvalue weighted by molar-refractivity contribution is 4.96. The van der Waals surface area contributed by atoms with E-state index in [2.05, 4.69) is 0 Å². The molecule has 6 unspecified atom stereocenters. The quantitative estimate of drug-likeness (QED) is 0.435. The first-order valence-electron chi connectivity index (χ1n) is 9.77. The van der Waals surface area contributed by atoms with Crippen molar-refractivity contribution in [2.24, 2.45) is 0 Å². The highest BCUT2D eigenvalue weighted by atomic mass is 16.8. The fourth-order valence-corrected chi connectivity index (χ4v) is 4.13. The molecule has 0 aromatic heterocycles. The van der Waals surface area contributed by atoms with Crippen LogP contribution in [0.25, 0.3) is 0 Å². The van der Waals surface area contributed by atoms with Crippen LogP contribution in [0.5, 0.6) is 0 Å². The van der Waals surface area contributed by atoms with Gasteiger partial charge in [-0.1, -0.05) is 0 Å². The second kappa shape index (κ2) is 12.6.